The Morgan fingerprint density at radius 1 is 1.35 bits per heavy atom. The average Bonchev–Trinajstić information content (AvgIpc) is 2.48. The van der Waals surface area contributed by atoms with Gasteiger partial charge in [-0.2, -0.15) is 0 Å². The zero-order valence-corrected chi connectivity index (χ0v) is 11.1. The van der Waals surface area contributed by atoms with E-state index >= 15 is 0 Å². The number of carbonyl (C=O) groups excluding carboxylic acids is 1. The molecule has 0 unspecified atom stereocenters. The minimum absolute atomic E-state index is 0.214. The van der Waals surface area contributed by atoms with E-state index in [2.05, 4.69) is 10.3 Å². The molecule has 0 saturated heterocycles. The molecule has 2 aromatic rings. The molecule has 4 nitrogen and oxygen atoms in total. The van der Waals surface area contributed by atoms with Crippen LogP contribution in [0.4, 0.5) is 4.39 Å². The van der Waals surface area contributed by atoms with E-state index in [4.69, 9.17) is 4.74 Å². The zero-order valence-electron chi connectivity index (χ0n) is 11.1. The van der Waals surface area contributed by atoms with E-state index < -0.39 is 5.82 Å². The van der Waals surface area contributed by atoms with Gasteiger partial charge in [-0.25, -0.2) is 4.39 Å². The first-order valence-corrected chi connectivity index (χ1v) is 6.22. The first-order valence-electron chi connectivity index (χ1n) is 6.22. The molecule has 1 aromatic carbocycles. The van der Waals surface area contributed by atoms with Gasteiger partial charge < -0.3 is 10.1 Å². The maximum atomic E-state index is 13.5. The van der Waals surface area contributed by atoms with Gasteiger partial charge in [0.1, 0.15) is 5.69 Å². The van der Waals surface area contributed by atoms with Crippen molar-refractivity contribution in [2.45, 2.75) is 6.42 Å². The summed E-state index contributed by atoms with van der Waals surface area (Å²) in [5.74, 6) is -0.424. The van der Waals surface area contributed by atoms with Crippen molar-refractivity contribution in [2.24, 2.45) is 0 Å². The first kappa shape index (κ1) is 14.0. The second-order valence-electron chi connectivity index (χ2n) is 4.19. The van der Waals surface area contributed by atoms with Gasteiger partial charge in [-0.3, -0.25) is 9.78 Å². The summed E-state index contributed by atoms with van der Waals surface area (Å²) in [6.07, 6.45) is 2.10. The van der Waals surface area contributed by atoms with Crippen molar-refractivity contribution in [3.8, 4) is 5.75 Å². The number of halogens is 1. The van der Waals surface area contributed by atoms with Crippen LogP contribution in [0.3, 0.4) is 0 Å². The topological polar surface area (TPSA) is 51.2 Å². The molecule has 0 aliphatic heterocycles. The molecule has 104 valence electrons. The highest BCUT2D eigenvalue weighted by Crippen LogP contribution is 2.17. The Hall–Kier alpha value is -2.43. The third kappa shape index (κ3) is 3.54. The number of pyridine rings is 1. The summed E-state index contributed by atoms with van der Waals surface area (Å²) >= 11 is 0. The highest BCUT2D eigenvalue weighted by molar-refractivity contribution is 5.92. The SMILES string of the molecule is COc1ccc(CCNC(=O)c2ccccn2)cc1F. The maximum Gasteiger partial charge on any atom is 0.269 e. The standard InChI is InChI=1S/C15H15FN2O2/c1-20-14-6-5-11(10-12(14)16)7-9-18-15(19)13-4-2-3-8-17-13/h2-6,8,10H,7,9H2,1H3,(H,18,19). The lowest BCUT2D eigenvalue weighted by atomic mass is 10.1. The molecule has 0 aliphatic carbocycles. The molecule has 0 fully saturated rings. The number of aromatic nitrogens is 1. The molecule has 0 aliphatic rings. The van der Waals surface area contributed by atoms with E-state index in [1.54, 1.807) is 36.5 Å². The van der Waals surface area contributed by atoms with Crippen LogP contribution in [0.15, 0.2) is 42.6 Å². The van der Waals surface area contributed by atoms with E-state index in [9.17, 15) is 9.18 Å². The van der Waals surface area contributed by atoms with Crippen molar-refractivity contribution in [1.29, 1.82) is 0 Å². The lowest BCUT2D eigenvalue weighted by molar-refractivity contribution is 0.0949. The number of ether oxygens (including phenoxy) is 1. The van der Waals surface area contributed by atoms with Crippen molar-refractivity contribution in [3.05, 3.63) is 59.7 Å². The molecular formula is C15H15FN2O2. The Labute approximate surface area is 116 Å². The summed E-state index contributed by atoms with van der Waals surface area (Å²) in [5, 5.41) is 2.74. The predicted molar refractivity (Wildman–Crippen MR) is 73.2 cm³/mol. The molecule has 20 heavy (non-hydrogen) atoms. The van der Waals surface area contributed by atoms with E-state index in [1.165, 1.54) is 13.2 Å². The Morgan fingerprint density at radius 2 is 2.20 bits per heavy atom. The molecule has 2 rings (SSSR count). The molecule has 1 N–H and O–H groups in total. The number of rotatable bonds is 5. The molecular weight excluding hydrogens is 259 g/mol. The van der Waals surface area contributed by atoms with Gasteiger partial charge in [0.15, 0.2) is 11.6 Å². The summed E-state index contributed by atoms with van der Waals surface area (Å²) in [5.41, 5.74) is 1.16. The fourth-order valence-electron chi connectivity index (χ4n) is 1.77. The number of hydrogen-bond acceptors (Lipinski definition) is 3. The lowest BCUT2D eigenvalue weighted by Crippen LogP contribution is -2.26. The van der Waals surface area contributed by atoms with Crippen molar-refractivity contribution >= 4 is 5.91 Å². The van der Waals surface area contributed by atoms with E-state index in [1.807, 2.05) is 0 Å². The van der Waals surface area contributed by atoms with Crippen molar-refractivity contribution in [2.75, 3.05) is 13.7 Å². The molecule has 1 heterocycles. The number of nitrogens with zero attached hydrogens (tertiary/aromatic N) is 1. The number of nitrogens with one attached hydrogen (secondary N) is 1. The molecule has 0 spiro atoms. The molecule has 0 radical (unpaired) electrons. The van der Waals surface area contributed by atoms with Crippen molar-refractivity contribution in [3.63, 3.8) is 0 Å². The number of amides is 1. The molecule has 1 aromatic heterocycles. The van der Waals surface area contributed by atoms with Crippen LogP contribution in [0.25, 0.3) is 0 Å². The van der Waals surface area contributed by atoms with Gasteiger partial charge in [-0.15, -0.1) is 0 Å². The van der Waals surface area contributed by atoms with Crippen LogP contribution < -0.4 is 10.1 Å². The third-order valence-corrected chi connectivity index (χ3v) is 2.81. The normalized spacial score (nSPS) is 10.1. The highest BCUT2D eigenvalue weighted by atomic mass is 19.1. The number of methoxy groups -OCH3 is 1. The predicted octanol–water partition coefficient (Wildman–Crippen LogP) is 2.20. The summed E-state index contributed by atoms with van der Waals surface area (Å²) in [6, 6.07) is 9.89. The average molecular weight is 274 g/mol. The quantitative estimate of drug-likeness (QED) is 0.909. The van der Waals surface area contributed by atoms with Crippen LogP contribution in [-0.4, -0.2) is 24.5 Å². The van der Waals surface area contributed by atoms with Gasteiger partial charge in [0.05, 0.1) is 7.11 Å². The monoisotopic (exact) mass is 274 g/mol. The van der Waals surface area contributed by atoms with Gasteiger partial charge >= 0.3 is 0 Å². The summed E-state index contributed by atoms with van der Waals surface area (Å²) in [7, 11) is 1.42. The number of hydrogen-bond donors (Lipinski definition) is 1. The van der Waals surface area contributed by atoms with Crippen LogP contribution in [0, 0.1) is 5.82 Å². The Kier molecular flexibility index (Phi) is 4.65. The second kappa shape index (κ2) is 6.65. The van der Waals surface area contributed by atoms with Gasteiger partial charge in [0, 0.05) is 12.7 Å². The number of carbonyl (C=O) groups is 1. The van der Waals surface area contributed by atoms with Gasteiger partial charge in [0.25, 0.3) is 5.91 Å². The summed E-state index contributed by atoms with van der Waals surface area (Å²) in [4.78, 5) is 15.7. The van der Waals surface area contributed by atoms with E-state index in [-0.39, 0.29) is 11.7 Å². The lowest BCUT2D eigenvalue weighted by Gasteiger charge is -2.06. The fourth-order valence-corrected chi connectivity index (χ4v) is 1.77. The third-order valence-electron chi connectivity index (χ3n) is 2.81. The van der Waals surface area contributed by atoms with Gasteiger partial charge in [0.2, 0.25) is 0 Å². The van der Waals surface area contributed by atoms with E-state index in [0.29, 0.717) is 18.7 Å². The smallest absolute Gasteiger partial charge is 0.269 e. The molecule has 5 heteroatoms. The summed E-state index contributed by atoms with van der Waals surface area (Å²) in [6.45, 7) is 0.418. The molecule has 1 amide bonds. The van der Waals surface area contributed by atoms with Crippen LogP contribution in [0.2, 0.25) is 0 Å². The maximum absolute atomic E-state index is 13.5. The summed E-state index contributed by atoms with van der Waals surface area (Å²) < 4.78 is 18.3. The van der Waals surface area contributed by atoms with Crippen molar-refractivity contribution in [1.82, 2.24) is 10.3 Å². The minimum Gasteiger partial charge on any atom is -0.494 e. The van der Waals surface area contributed by atoms with Gasteiger partial charge in [-0.05, 0) is 36.2 Å². The van der Waals surface area contributed by atoms with Crippen molar-refractivity contribution < 1.29 is 13.9 Å². The molecule has 0 atom stereocenters. The fraction of sp³-hybridized carbons (Fsp3) is 0.200. The Balaban J connectivity index is 1.87. The Morgan fingerprint density at radius 3 is 2.85 bits per heavy atom. The minimum atomic E-state index is -0.402. The Bertz CT molecular complexity index is 588. The molecule has 0 saturated carbocycles. The van der Waals surface area contributed by atoms with Crippen LogP contribution >= 0.6 is 0 Å². The number of benzene rings is 1. The largest absolute Gasteiger partial charge is 0.494 e. The van der Waals surface area contributed by atoms with Crippen LogP contribution in [0.1, 0.15) is 16.1 Å². The highest BCUT2D eigenvalue weighted by Gasteiger charge is 2.06. The van der Waals surface area contributed by atoms with Crippen LogP contribution in [0.5, 0.6) is 5.75 Å². The second-order valence-corrected chi connectivity index (χ2v) is 4.19. The first-order chi connectivity index (χ1) is 9.70. The zero-order chi connectivity index (χ0) is 14.4. The van der Waals surface area contributed by atoms with E-state index in [0.717, 1.165) is 5.56 Å². The van der Waals surface area contributed by atoms with Gasteiger partial charge in [-0.1, -0.05) is 12.1 Å². The molecule has 0 bridgehead atoms. The van der Waals surface area contributed by atoms with Crippen LogP contribution in [-0.2, 0) is 6.42 Å².